The molecule has 0 aliphatic rings. The summed E-state index contributed by atoms with van der Waals surface area (Å²) in [5, 5.41) is 12.1. The Morgan fingerprint density at radius 2 is 2.27 bits per heavy atom. The minimum absolute atomic E-state index is 0.202. The zero-order valence-electron chi connectivity index (χ0n) is 8.21. The Bertz CT molecular complexity index is 322. The quantitative estimate of drug-likeness (QED) is 0.752. The zero-order valence-corrected chi connectivity index (χ0v) is 9.80. The van der Waals surface area contributed by atoms with Gasteiger partial charge in [-0.3, -0.25) is 0 Å². The number of aliphatic hydroxyl groups is 1. The van der Waals surface area contributed by atoms with Crippen molar-refractivity contribution < 1.29 is 9.50 Å². The molecule has 0 aliphatic heterocycles. The number of benzene rings is 1. The van der Waals surface area contributed by atoms with Crippen LogP contribution >= 0.6 is 15.9 Å². The first-order valence-corrected chi connectivity index (χ1v) is 5.45. The van der Waals surface area contributed by atoms with E-state index >= 15 is 0 Å². The van der Waals surface area contributed by atoms with Crippen LogP contribution in [0.2, 0.25) is 0 Å². The van der Waals surface area contributed by atoms with Crippen LogP contribution in [-0.2, 0) is 6.54 Å². The second-order valence-corrected chi connectivity index (χ2v) is 4.17. The van der Waals surface area contributed by atoms with Crippen LogP contribution in [0.15, 0.2) is 22.7 Å². The van der Waals surface area contributed by atoms with Crippen LogP contribution < -0.4 is 11.1 Å². The fourth-order valence-electron chi connectivity index (χ4n) is 1.14. The number of halogens is 2. The van der Waals surface area contributed by atoms with Gasteiger partial charge in [0.25, 0.3) is 0 Å². The summed E-state index contributed by atoms with van der Waals surface area (Å²) in [7, 11) is 0. The number of hydrogen-bond donors (Lipinski definition) is 3. The molecule has 0 fully saturated rings. The summed E-state index contributed by atoms with van der Waals surface area (Å²) in [5.41, 5.74) is 5.80. The summed E-state index contributed by atoms with van der Waals surface area (Å²) in [5.74, 6) is -0.257. The lowest BCUT2D eigenvalue weighted by atomic mass is 10.2. The zero-order chi connectivity index (χ0) is 11.3. The molecule has 1 rings (SSSR count). The van der Waals surface area contributed by atoms with Gasteiger partial charge in [0, 0.05) is 29.7 Å². The van der Waals surface area contributed by atoms with Crippen molar-refractivity contribution >= 4 is 15.9 Å². The van der Waals surface area contributed by atoms with Crippen molar-refractivity contribution in [3.63, 3.8) is 0 Å². The van der Waals surface area contributed by atoms with E-state index in [0.717, 1.165) is 4.47 Å². The molecule has 15 heavy (non-hydrogen) atoms. The largest absolute Gasteiger partial charge is 0.390 e. The lowest BCUT2D eigenvalue weighted by Gasteiger charge is -2.10. The standard InChI is InChI=1S/C10H14BrFN2O/c11-8-1-2-10(12)7(3-8)5-14-6-9(15)4-13/h1-3,9,14-15H,4-6,13H2. The number of hydrogen-bond acceptors (Lipinski definition) is 3. The molecule has 4 N–H and O–H groups in total. The van der Waals surface area contributed by atoms with Crippen molar-refractivity contribution in [1.82, 2.24) is 5.32 Å². The van der Waals surface area contributed by atoms with Crippen LogP contribution in [0.25, 0.3) is 0 Å². The fraction of sp³-hybridized carbons (Fsp3) is 0.400. The second kappa shape index (κ2) is 6.17. The first-order valence-electron chi connectivity index (χ1n) is 4.66. The van der Waals surface area contributed by atoms with Gasteiger partial charge in [0.1, 0.15) is 5.82 Å². The molecule has 0 spiro atoms. The van der Waals surface area contributed by atoms with E-state index in [1.165, 1.54) is 6.07 Å². The van der Waals surface area contributed by atoms with Gasteiger partial charge in [-0.05, 0) is 18.2 Å². The van der Waals surface area contributed by atoms with Crippen LogP contribution in [0.4, 0.5) is 4.39 Å². The van der Waals surface area contributed by atoms with Crippen molar-refractivity contribution in [2.24, 2.45) is 5.73 Å². The normalized spacial score (nSPS) is 12.8. The van der Waals surface area contributed by atoms with Crippen LogP contribution in [0.3, 0.4) is 0 Å². The van der Waals surface area contributed by atoms with Crippen LogP contribution in [-0.4, -0.2) is 24.3 Å². The van der Waals surface area contributed by atoms with E-state index in [4.69, 9.17) is 10.8 Å². The first kappa shape index (κ1) is 12.6. The van der Waals surface area contributed by atoms with E-state index in [9.17, 15) is 4.39 Å². The third-order valence-corrected chi connectivity index (χ3v) is 2.47. The molecule has 84 valence electrons. The molecule has 0 saturated heterocycles. The van der Waals surface area contributed by atoms with E-state index in [0.29, 0.717) is 18.7 Å². The SMILES string of the molecule is NCC(O)CNCc1cc(Br)ccc1F. The summed E-state index contributed by atoms with van der Waals surface area (Å²) in [6.07, 6.45) is -0.583. The third kappa shape index (κ3) is 4.25. The monoisotopic (exact) mass is 276 g/mol. The highest BCUT2D eigenvalue weighted by molar-refractivity contribution is 9.10. The molecular weight excluding hydrogens is 263 g/mol. The fourth-order valence-corrected chi connectivity index (χ4v) is 1.54. The molecule has 0 saturated carbocycles. The van der Waals surface area contributed by atoms with Gasteiger partial charge in [-0.2, -0.15) is 0 Å². The molecule has 1 aromatic rings. The highest BCUT2D eigenvalue weighted by Crippen LogP contribution is 2.15. The molecule has 1 unspecified atom stereocenters. The van der Waals surface area contributed by atoms with Crippen molar-refractivity contribution in [2.45, 2.75) is 12.6 Å². The molecule has 3 nitrogen and oxygen atoms in total. The minimum Gasteiger partial charge on any atom is -0.390 e. The molecule has 5 heteroatoms. The highest BCUT2D eigenvalue weighted by atomic mass is 79.9. The van der Waals surface area contributed by atoms with E-state index < -0.39 is 6.10 Å². The number of rotatable bonds is 5. The van der Waals surface area contributed by atoms with Crippen LogP contribution in [0.5, 0.6) is 0 Å². The summed E-state index contributed by atoms with van der Waals surface area (Å²) in [6.45, 7) is 0.943. The Kier molecular flexibility index (Phi) is 5.17. The third-order valence-electron chi connectivity index (χ3n) is 1.98. The minimum atomic E-state index is -0.583. The first-order chi connectivity index (χ1) is 7.13. The Balaban J connectivity index is 2.46. The smallest absolute Gasteiger partial charge is 0.127 e. The molecule has 0 aromatic heterocycles. The van der Waals surface area contributed by atoms with Crippen LogP contribution in [0.1, 0.15) is 5.56 Å². The molecule has 0 aliphatic carbocycles. The Morgan fingerprint density at radius 1 is 1.53 bits per heavy atom. The molecular formula is C10H14BrFN2O. The van der Waals surface area contributed by atoms with Gasteiger partial charge in [-0.15, -0.1) is 0 Å². The van der Waals surface area contributed by atoms with Gasteiger partial charge in [0.05, 0.1) is 6.10 Å². The summed E-state index contributed by atoms with van der Waals surface area (Å²) in [4.78, 5) is 0. The van der Waals surface area contributed by atoms with Crippen molar-refractivity contribution in [2.75, 3.05) is 13.1 Å². The van der Waals surface area contributed by atoms with Gasteiger partial charge in [0.2, 0.25) is 0 Å². The van der Waals surface area contributed by atoms with E-state index in [1.54, 1.807) is 12.1 Å². The number of nitrogens with one attached hydrogen (secondary N) is 1. The van der Waals surface area contributed by atoms with E-state index in [2.05, 4.69) is 21.2 Å². The predicted molar refractivity (Wildman–Crippen MR) is 60.9 cm³/mol. The average Bonchev–Trinajstić information content (AvgIpc) is 2.23. The second-order valence-electron chi connectivity index (χ2n) is 3.26. The Morgan fingerprint density at radius 3 is 2.93 bits per heavy atom. The number of nitrogens with two attached hydrogens (primary N) is 1. The molecule has 0 bridgehead atoms. The lowest BCUT2D eigenvalue weighted by molar-refractivity contribution is 0.179. The molecule has 1 aromatic carbocycles. The maximum Gasteiger partial charge on any atom is 0.127 e. The maximum atomic E-state index is 13.2. The molecule has 1 atom stereocenters. The van der Waals surface area contributed by atoms with E-state index in [-0.39, 0.29) is 12.4 Å². The lowest BCUT2D eigenvalue weighted by Crippen LogP contribution is -2.32. The van der Waals surface area contributed by atoms with Gasteiger partial charge in [-0.1, -0.05) is 15.9 Å². The average molecular weight is 277 g/mol. The van der Waals surface area contributed by atoms with Crippen LogP contribution in [0, 0.1) is 5.82 Å². The van der Waals surface area contributed by atoms with Gasteiger partial charge in [0.15, 0.2) is 0 Å². The molecule has 0 heterocycles. The summed E-state index contributed by atoms with van der Waals surface area (Å²) >= 11 is 3.27. The summed E-state index contributed by atoms with van der Waals surface area (Å²) in [6, 6.07) is 4.76. The van der Waals surface area contributed by atoms with Gasteiger partial charge in [-0.25, -0.2) is 4.39 Å². The van der Waals surface area contributed by atoms with Crippen molar-refractivity contribution in [3.05, 3.63) is 34.1 Å². The number of aliphatic hydroxyl groups excluding tert-OH is 1. The summed E-state index contributed by atoms with van der Waals surface area (Å²) < 4.78 is 14.1. The molecule has 0 amide bonds. The van der Waals surface area contributed by atoms with Gasteiger partial charge >= 0.3 is 0 Å². The van der Waals surface area contributed by atoms with Crippen molar-refractivity contribution in [1.29, 1.82) is 0 Å². The maximum absolute atomic E-state index is 13.2. The Hall–Kier alpha value is -0.490. The van der Waals surface area contributed by atoms with Crippen molar-refractivity contribution in [3.8, 4) is 0 Å². The molecule has 0 radical (unpaired) electrons. The van der Waals surface area contributed by atoms with Gasteiger partial charge < -0.3 is 16.2 Å². The topological polar surface area (TPSA) is 58.3 Å². The van der Waals surface area contributed by atoms with E-state index in [1.807, 2.05) is 0 Å². The Labute approximate surface area is 96.6 Å². The predicted octanol–water partition coefficient (Wildman–Crippen LogP) is 0.997. The highest BCUT2D eigenvalue weighted by Gasteiger charge is 2.04.